The third kappa shape index (κ3) is 3.40. The number of nitrogens with zero attached hydrogens (tertiary/aromatic N) is 2. The van der Waals surface area contributed by atoms with Crippen molar-refractivity contribution in [2.75, 3.05) is 0 Å². The van der Waals surface area contributed by atoms with Gasteiger partial charge in [0.15, 0.2) is 0 Å². The maximum absolute atomic E-state index is 12.9. The van der Waals surface area contributed by atoms with E-state index in [0.717, 1.165) is 28.0 Å². The van der Waals surface area contributed by atoms with Gasteiger partial charge < -0.3 is 9.88 Å². The van der Waals surface area contributed by atoms with E-state index >= 15 is 0 Å². The lowest BCUT2D eigenvalue weighted by atomic mass is 10.1. The van der Waals surface area contributed by atoms with Gasteiger partial charge in [-0.05, 0) is 48.2 Å². The Morgan fingerprint density at radius 2 is 1.92 bits per heavy atom. The normalized spacial score (nSPS) is 14.0. The number of aromatic nitrogens is 2. The third-order valence-corrected chi connectivity index (χ3v) is 4.69. The zero-order valence-electron chi connectivity index (χ0n) is 14.1. The van der Waals surface area contributed by atoms with Gasteiger partial charge in [-0.25, -0.2) is 9.37 Å². The highest BCUT2D eigenvalue weighted by molar-refractivity contribution is 5.82. The Morgan fingerprint density at radius 1 is 1.20 bits per heavy atom. The number of amides is 1. The van der Waals surface area contributed by atoms with Crippen molar-refractivity contribution in [2.45, 2.75) is 31.7 Å². The van der Waals surface area contributed by atoms with Gasteiger partial charge in [0.25, 0.3) is 0 Å². The summed E-state index contributed by atoms with van der Waals surface area (Å²) in [6.07, 6.45) is 2.75. The lowest BCUT2D eigenvalue weighted by Gasteiger charge is -2.06. The summed E-state index contributed by atoms with van der Waals surface area (Å²) in [5.74, 6) is 1.42. The monoisotopic (exact) mass is 337 g/mol. The van der Waals surface area contributed by atoms with Crippen molar-refractivity contribution in [3.05, 3.63) is 65.2 Å². The van der Waals surface area contributed by atoms with Gasteiger partial charge in [-0.2, -0.15) is 0 Å². The predicted octanol–water partition coefficient (Wildman–Crippen LogP) is 3.45. The molecule has 4 nitrogen and oxygen atoms in total. The number of halogens is 1. The van der Waals surface area contributed by atoms with E-state index < -0.39 is 0 Å². The third-order valence-electron chi connectivity index (χ3n) is 4.69. The molecule has 1 heterocycles. The maximum atomic E-state index is 12.9. The van der Waals surface area contributed by atoms with Crippen LogP contribution in [0.2, 0.25) is 0 Å². The van der Waals surface area contributed by atoms with Crippen LogP contribution in [0.5, 0.6) is 0 Å². The standard InChI is InChI=1S/C20H20FN3O/c1-24-18-9-4-14(10-17(18)23-20(24)15-5-6-15)11-19(25)22-12-13-2-7-16(21)8-3-13/h2-4,7-10,15H,5-6,11-12H2,1H3,(H,22,25). The fourth-order valence-electron chi connectivity index (χ4n) is 3.13. The van der Waals surface area contributed by atoms with Crippen LogP contribution >= 0.6 is 0 Å². The number of fused-ring (bicyclic) bond motifs is 1. The Labute approximate surface area is 145 Å². The SMILES string of the molecule is Cn1c(C2CC2)nc2cc(CC(=O)NCc3ccc(F)cc3)ccc21. The first-order valence-corrected chi connectivity index (χ1v) is 8.56. The Bertz CT molecular complexity index is 926. The molecule has 0 atom stereocenters. The topological polar surface area (TPSA) is 46.9 Å². The fraction of sp³-hybridized carbons (Fsp3) is 0.300. The highest BCUT2D eigenvalue weighted by Gasteiger charge is 2.28. The minimum Gasteiger partial charge on any atom is -0.352 e. The molecule has 0 bridgehead atoms. The number of carbonyl (C=O) groups excluding carboxylic acids is 1. The van der Waals surface area contributed by atoms with Gasteiger partial charge in [-0.1, -0.05) is 18.2 Å². The van der Waals surface area contributed by atoms with Crippen molar-refractivity contribution in [3.63, 3.8) is 0 Å². The molecule has 25 heavy (non-hydrogen) atoms. The molecule has 3 aromatic rings. The first kappa shape index (κ1) is 15.8. The Hall–Kier alpha value is -2.69. The molecule has 1 amide bonds. The summed E-state index contributed by atoms with van der Waals surface area (Å²) >= 11 is 0. The fourth-order valence-corrected chi connectivity index (χ4v) is 3.13. The summed E-state index contributed by atoms with van der Waals surface area (Å²) in [5, 5.41) is 2.87. The molecule has 1 saturated carbocycles. The van der Waals surface area contributed by atoms with E-state index in [0.29, 0.717) is 18.9 Å². The number of nitrogens with one attached hydrogen (secondary N) is 1. The Balaban J connectivity index is 1.43. The van der Waals surface area contributed by atoms with Gasteiger partial charge in [-0.15, -0.1) is 0 Å². The second kappa shape index (κ2) is 6.31. The van der Waals surface area contributed by atoms with Crippen LogP contribution in [0.3, 0.4) is 0 Å². The summed E-state index contributed by atoms with van der Waals surface area (Å²) in [6, 6.07) is 12.2. The van der Waals surface area contributed by atoms with Gasteiger partial charge in [-0.3, -0.25) is 4.79 Å². The minimum atomic E-state index is -0.274. The minimum absolute atomic E-state index is 0.0537. The Kier molecular flexibility index (Phi) is 3.99. The lowest BCUT2D eigenvalue weighted by Crippen LogP contribution is -2.24. The molecule has 1 fully saturated rings. The second-order valence-electron chi connectivity index (χ2n) is 6.71. The number of aryl methyl sites for hydroxylation is 1. The molecule has 0 radical (unpaired) electrons. The summed E-state index contributed by atoms with van der Waals surface area (Å²) < 4.78 is 15.0. The van der Waals surface area contributed by atoms with E-state index in [9.17, 15) is 9.18 Å². The van der Waals surface area contributed by atoms with Gasteiger partial charge >= 0.3 is 0 Å². The van der Waals surface area contributed by atoms with Crippen LogP contribution in [0.25, 0.3) is 11.0 Å². The van der Waals surface area contributed by atoms with Crippen molar-refractivity contribution < 1.29 is 9.18 Å². The largest absolute Gasteiger partial charge is 0.352 e. The summed E-state index contributed by atoms with van der Waals surface area (Å²) in [4.78, 5) is 16.9. The van der Waals surface area contributed by atoms with Gasteiger partial charge in [0, 0.05) is 19.5 Å². The van der Waals surface area contributed by atoms with Crippen LogP contribution in [0.15, 0.2) is 42.5 Å². The van der Waals surface area contributed by atoms with Crippen molar-refractivity contribution >= 4 is 16.9 Å². The molecule has 1 aliphatic rings. The molecule has 128 valence electrons. The summed E-state index contributed by atoms with van der Waals surface area (Å²) in [6.45, 7) is 0.400. The van der Waals surface area contributed by atoms with Gasteiger partial charge in [0.1, 0.15) is 11.6 Å². The van der Waals surface area contributed by atoms with Crippen LogP contribution in [0, 0.1) is 5.82 Å². The van der Waals surface area contributed by atoms with E-state index in [-0.39, 0.29) is 11.7 Å². The number of hydrogen-bond acceptors (Lipinski definition) is 2. The molecule has 0 spiro atoms. The van der Waals surface area contributed by atoms with E-state index in [1.807, 2.05) is 18.2 Å². The number of hydrogen-bond donors (Lipinski definition) is 1. The van der Waals surface area contributed by atoms with E-state index in [2.05, 4.69) is 16.9 Å². The molecule has 0 saturated heterocycles. The molecule has 5 heteroatoms. The second-order valence-corrected chi connectivity index (χ2v) is 6.71. The average molecular weight is 337 g/mol. The lowest BCUT2D eigenvalue weighted by molar-refractivity contribution is -0.120. The van der Waals surface area contributed by atoms with E-state index in [1.54, 1.807) is 12.1 Å². The van der Waals surface area contributed by atoms with Crippen LogP contribution in [0.1, 0.15) is 35.7 Å². The number of rotatable bonds is 5. The molecule has 4 rings (SSSR count). The highest BCUT2D eigenvalue weighted by Crippen LogP contribution is 2.40. The summed E-state index contributed by atoms with van der Waals surface area (Å²) in [7, 11) is 2.05. The number of benzene rings is 2. The molecule has 2 aromatic carbocycles. The quantitative estimate of drug-likeness (QED) is 0.775. The van der Waals surface area contributed by atoms with Gasteiger partial charge in [0.05, 0.1) is 17.5 Å². The van der Waals surface area contributed by atoms with Crippen LogP contribution in [-0.2, 0) is 24.8 Å². The zero-order chi connectivity index (χ0) is 17.4. The first-order chi connectivity index (χ1) is 12.1. The van der Waals surface area contributed by atoms with E-state index in [4.69, 9.17) is 4.98 Å². The molecule has 0 unspecified atom stereocenters. The average Bonchev–Trinajstić information content (AvgIpc) is 3.39. The van der Waals surface area contributed by atoms with E-state index in [1.165, 1.54) is 25.0 Å². The van der Waals surface area contributed by atoms with Crippen molar-refractivity contribution in [3.8, 4) is 0 Å². The van der Waals surface area contributed by atoms with Crippen molar-refractivity contribution in [1.82, 2.24) is 14.9 Å². The van der Waals surface area contributed by atoms with Crippen LogP contribution < -0.4 is 5.32 Å². The van der Waals surface area contributed by atoms with Gasteiger partial charge in [0.2, 0.25) is 5.91 Å². The van der Waals surface area contributed by atoms with Crippen LogP contribution in [0.4, 0.5) is 4.39 Å². The molecule has 1 aliphatic carbocycles. The predicted molar refractivity (Wildman–Crippen MR) is 94.6 cm³/mol. The zero-order valence-corrected chi connectivity index (χ0v) is 14.1. The molecule has 0 aliphatic heterocycles. The van der Waals surface area contributed by atoms with Crippen molar-refractivity contribution in [2.24, 2.45) is 7.05 Å². The number of imidazole rings is 1. The van der Waals surface area contributed by atoms with Crippen molar-refractivity contribution in [1.29, 1.82) is 0 Å². The highest BCUT2D eigenvalue weighted by atomic mass is 19.1. The summed E-state index contributed by atoms with van der Waals surface area (Å²) in [5.41, 5.74) is 3.89. The molecular weight excluding hydrogens is 317 g/mol. The van der Waals surface area contributed by atoms with Crippen LogP contribution in [-0.4, -0.2) is 15.5 Å². The number of carbonyl (C=O) groups is 1. The maximum Gasteiger partial charge on any atom is 0.224 e. The Morgan fingerprint density at radius 3 is 2.64 bits per heavy atom. The smallest absolute Gasteiger partial charge is 0.224 e. The first-order valence-electron chi connectivity index (χ1n) is 8.56. The molecule has 1 aromatic heterocycles. The molecular formula is C20H20FN3O. The molecule has 1 N–H and O–H groups in total.